The van der Waals surface area contributed by atoms with Crippen LogP contribution >= 0.6 is 11.8 Å². The SMILES string of the molecule is CCn1c(SCC(=O)N2CCCC[C@@H]2C)nnc1-c1ccccc1OC. The number of thioether (sulfide) groups is 1. The van der Waals surface area contributed by atoms with E-state index in [1.807, 2.05) is 33.7 Å². The number of nitrogens with zero attached hydrogens (tertiary/aromatic N) is 4. The minimum Gasteiger partial charge on any atom is -0.496 e. The van der Waals surface area contributed by atoms with E-state index in [1.54, 1.807) is 7.11 Å². The predicted octanol–water partition coefficient (Wildman–Crippen LogP) is 3.47. The maximum Gasteiger partial charge on any atom is 0.233 e. The minimum absolute atomic E-state index is 0.187. The van der Waals surface area contributed by atoms with Gasteiger partial charge in [0.25, 0.3) is 0 Å². The monoisotopic (exact) mass is 374 g/mol. The molecule has 1 saturated heterocycles. The second-order valence-corrected chi connectivity index (χ2v) is 7.41. The average molecular weight is 375 g/mol. The summed E-state index contributed by atoms with van der Waals surface area (Å²) in [5.41, 5.74) is 0.909. The van der Waals surface area contributed by atoms with Crippen molar-refractivity contribution in [1.82, 2.24) is 19.7 Å². The fraction of sp³-hybridized carbons (Fsp3) is 0.526. The van der Waals surface area contributed by atoms with Crippen molar-refractivity contribution in [2.75, 3.05) is 19.4 Å². The molecule has 3 rings (SSSR count). The van der Waals surface area contributed by atoms with E-state index in [4.69, 9.17) is 4.74 Å². The van der Waals surface area contributed by atoms with Crippen molar-refractivity contribution in [3.05, 3.63) is 24.3 Å². The zero-order valence-corrected chi connectivity index (χ0v) is 16.5. The van der Waals surface area contributed by atoms with E-state index in [-0.39, 0.29) is 5.91 Å². The molecule has 0 saturated carbocycles. The molecule has 1 amide bonds. The first-order valence-electron chi connectivity index (χ1n) is 9.14. The van der Waals surface area contributed by atoms with Crippen LogP contribution in [0.1, 0.15) is 33.1 Å². The number of ether oxygens (including phenoxy) is 1. The molecule has 0 spiro atoms. The van der Waals surface area contributed by atoms with Crippen LogP contribution in [0, 0.1) is 0 Å². The Balaban J connectivity index is 1.75. The van der Waals surface area contributed by atoms with Gasteiger partial charge < -0.3 is 14.2 Å². The number of aromatic nitrogens is 3. The highest BCUT2D eigenvalue weighted by atomic mass is 32.2. The average Bonchev–Trinajstić information content (AvgIpc) is 3.09. The maximum atomic E-state index is 12.6. The van der Waals surface area contributed by atoms with Crippen LogP contribution in [0.4, 0.5) is 0 Å². The third kappa shape index (κ3) is 3.87. The molecule has 0 radical (unpaired) electrons. The molecule has 1 fully saturated rings. The lowest BCUT2D eigenvalue weighted by atomic mass is 10.0. The molecular weight excluding hydrogens is 348 g/mol. The third-order valence-corrected chi connectivity index (χ3v) is 5.78. The second kappa shape index (κ2) is 8.58. The molecule has 0 N–H and O–H groups in total. The third-order valence-electron chi connectivity index (χ3n) is 4.83. The summed E-state index contributed by atoms with van der Waals surface area (Å²) in [4.78, 5) is 14.6. The van der Waals surface area contributed by atoms with Gasteiger partial charge in [0.15, 0.2) is 11.0 Å². The first-order chi connectivity index (χ1) is 12.7. The highest BCUT2D eigenvalue weighted by Crippen LogP contribution is 2.31. The number of hydrogen-bond acceptors (Lipinski definition) is 5. The van der Waals surface area contributed by atoms with Crippen LogP contribution in [0.25, 0.3) is 11.4 Å². The molecule has 26 heavy (non-hydrogen) atoms. The first-order valence-corrected chi connectivity index (χ1v) is 10.1. The maximum absolute atomic E-state index is 12.6. The first kappa shape index (κ1) is 18.8. The van der Waals surface area contributed by atoms with Gasteiger partial charge >= 0.3 is 0 Å². The lowest BCUT2D eigenvalue weighted by molar-refractivity contribution is -0.131. The van der Waals surface area contributed by atoms with Crippen LogP contribution in [0.5, 0.6) is 5.75 Å². The molecular formula is C19H26N4O2S. The molecule has 0 unspecified atom stereocenters. The number of hydrogen-bond donors (Lipinski definition) is 0. The van der Waals surface area contributed by atoms with Crippen LogP contribution in [0.2, 0.25) is 0 Å². The molecule has 7 heteroatoms. The van der Waals surface area contributed by atoms with Crippen LogP contribution in [0.15, 0.2) is 29.4 Å². The lowest BCUT2D eigenvalue weighted by Crippen LogP contribution is -2.43. The molecule has 1 aromatic carbocycles. The number of carbonyl (C=O) groups excluding carboxylic acids is 1. The molecule has 1 atom stereocenters. The molecule has 2 heterocycles. The number of carbonyl (C=O) groups is 1. The van der Waals surface area contributed by atoms with E-state index in [2.05, 4.69) is 24.0 Å². The van der Waals surface area contributed by atoms with E-state index >= 15 is 0 Å². The fourth-order valence-electron chi connectivity index (χ4n) is 3.39. The van der Waals surface area contributed by atoms with Gasteiger partial charge in [-0.25, -0.2) is 0 Å². The zero-order valence-electron chi connectivity index (χ0n) is 15.6. The Bertz CT molecular complexity index is 762. The summed E-state index contributed by atoms with van der Waals surface area (Å²) in [6, 6.07) is 8.12. The van der Waals surface area contributed by atoms with Gasteiger partial charge in [-0.15, -0.1) is 10.2 Å². The molecule has 1 aromatic heterocycles. The van der Waals surface area contributed by atoms with Crippen LogP contribution in [-0.2, 0) is 11.3 Å². The van der Waals surface area contributed by atoms with Crippen molar-refractivity contribution in [3.8, 4) is 17.1 Å². The van der Waals surface area contributed by atoms with Crippen molar-refractivity contribution in [1.29, 1.82) is 0 Å². The summed E-state index contributed by atoms with van der Waals surface area (Å²) < 4.78 is 7.49. The number of benzene rings is 1. The Morgan fingerprint density at radius 1 is 1.31 bits per heavy atom. The summed E-state index contributed by atoms with van der Waals surface area (Å²) in [5.74, 6) is 2.12. The van der Waals surface area contributed by atoms with Crippen molar-refractivity contribution in [2.24, 2.45) is 0 Å². The quantitative estimate of drug-likeness (QED) is 0.725. The Morgan fingerprint density at radius 3 is 2.85 bits per heavy atom. The Hall–Kier alpha value is -2.02. The van der Waals surface area contributed by atoms with Gasteiger partial charge in [0, 0.05) is 19.1 Å². The number of likely N-dealkylation sites (tertiary alicyclic amines) is 1. The molecule has 1 aliphatic heterocycles. The van der Waals surface area contributed by atoms with E-state index < -0.39 is 0 Å². The molecule has 0 bridgehead atoms. The minimum atomic E-state index is 0.187. The number of piperidine rings is 1. The van der Waals surface area contributed by atoms with Crippen LogP contribution in [0.3, 0.4) is 0 Å². The van der Waals surface area contributed by atoms with Gasteiger partial charge in [-0.2, -0.15) is 0 Å². The molecule has 0 aliphatic carbocycles. The number of rotatable bonds is 6. The summed E-state index contributed by atoms with van der Waals surface area (Å²) >= 11 is 1.46. The summed E-state index contributed by atoms with van der Waals surface area (Å²) in [5, 5.41) is 9.45. The normalized spacial score (nSPS) is 17.3. The van der Waals surface area contributed by atoms with Crippen molar-refractivity contribution < 1.29 is 9.53 Å². The van der Waals surface area contributed by atoms with E-state index in [9.17, 15) is 4.79 Å². The Kier molecular flexibility index (Phi) is 6.19. The fourth-order valence-corrected chi connectivity index (χ4v) is 4.28. The van der Waals surface area contributed by atoms with E-state index in [0.717, 1.165) is 48.2 Å². The van der Waals surface area contributed by atoms with Gasteiger partial charge in [0.05, 0.1) is 18.4 Å². The van der Waals surface area contributed by atoms with Gasteiger partial charge in [0.1, 0.15) is 5.75 Å². The van der Waals surface area contributed by atoms with Gasteiger partial charge in [-0.05, 0) is 45.2 Å². The van der Waals surface area contributed by atoms with E-state index in [1.165, 1.54) is 18.2 Å². The lowest BCUT2D eigenvalue weighted by Gasteiger charge is -2.33. The number of methoxy groups -OCH3 is 1. The molecule has 140 valence electrons. The molecule has 2 aromatic rings. The Labute approximate surface area is 158 Å². The van der Waals surface area contributed by atoms with Crippen molar-refractivity contribution in [2.45, 2.75) is 50.9 Å². The number of amides is 1. The molecule has 6 nitrogen and oxygen atoms in total. The van der Waals surface area contributed by atoms with Crippen molar-refractivity contribution >= 4 is 17.7 Å². The van der Waals surface area contributed by atoms with Gasteiger partial charge in [-0.3, -0.25) is 4.79 Å². The van der Waals surface area contributed by atoms with Crippen LogP contribution in [-0.4, -0.2) is 51.0 Å². The summed E-state index contributed by atoms with van der Waals surface area (Å²) in [6.07, 6.45) is 3.41. The predicted molar refractivity (Wildman–Crippen MR) is 103 cm³/mol. The van der Waals surface area contributed by atoms with E-state index in [0.29, 0.717) is 11.8 Å². The zero-order chi connectivity index (χ0) is 18.5. The van der Waals surface area contributed by atoms with Gasteiger partial charge in [-0.1, -0.05) is 23.9 Å². The standard InChI is InChI=1S/C19H26N4O2S/c1-4-22-18(15-10-5-6-11-16(15)25-3)20-21-19(22)26-13-17(24)23-12-8-7-9-14(23)2/h5-6,10-11,14H,4,7-9,12-13H2,1-3H3/t14-/m0/s1. The summed E-state index contributed by atoms with van der Waals surface area (Å²) in [6.45, 7) is 5.79. The highest BCUT2D eigenvalue weighted by molar-refractivity contribution is 7.99. The highest BCUT2D eigenvalue weighted by Gasteiger charge is 2.24. The molecule has 1 aliphatic rings. The topological polar surface area (TPSA) is 60.2 Å². The van der Waals surface area contributed by atoms with Crippen molar-refractivity contribution in [3.63, 3.8) is 0 Å². The second-order valence-electron chi connectivity index (χ2n) is 6.47. The Morgan fingerprint density at radius 2 is 2.12 bits per heavy atom. The smallest absolute Gasteiger partial charge is 0.233 e. The summed E-state index contributed by atoms with van der Waals surface area (Å²) in [7, 11) is 1.65. The number of para-hydroxylation sites is 1. The largest absolute Gasteiger partial charge is 0.496 e. The van der Waals surface area contributed by atoms with Crippen LogP contribution < -0.4 is 4.74 Å². The van der Waals surface area contributed by atoms with Gasteiger partial charge in [0.2, 0.25) is 5.91 Å².